The molecule has 0 aliphatic rings. The van der Waals surface area contributed by atoms with Gasteiger partial charge >= 0.3 is 12.4 Å². The van der Waals surface area contributed by atoms with Gasteiger partial charge in [-0.2, -0.15) is 26.3 Å². The lowest BCUT2D eigenvalue weighted by molar-refractivity contribution is -0.138. The van der Waals surface area contributed by atoms with Crippen LogP contribution in [0.5, 0.6) is 0 Å². The second-order valence-electron chi connectivity index (χ2n) is 9.96. The second kappa shape index (κ2) is 10.1. The Morgan fingerprint density at radius 2 is 0.881 bits per heavy atom. The van der Waals surface area contributed by atoms with Gasteiger partial charge in [-0.25, -0.2) is 0 Å². The Labute approximate surface area is 237 Å². The largest absolute Gasteiger partial charge is 0.416 e. The van der Waals surface area contributed by atoms with Crippen LogP contribution < -0.4 is 10.6 Å². The smallest absolute Gasteiger partial charge is 0.398 e. The summed E-state index contributed by atoms with van der Waals surface area (Å²) in [5, 5.41) is 2.08. The van der Waals surface area contributed by atoms with Crippen molar-refractivity contribution in [3.63, 3.8) is 0 Å². The fraction of sp³-hybridized carbons (Fsp3) is 0.0588. The van der Waals surface area contributed by atoms with Gasteiger partial charge in [0.15, 0.2) is 0 Å². The number of nitrogens with two attached hydrogens (primary N) is 1. The van der Waals surface area contributed by atoms with E-state index in [0.717, 1.165) is 41.1 Å². The number of hydrogen-bond acceptors (Lipinski definition) is 2. The van der Waals surface area contributed by atoms with Gasteiger partial charge in [0.05, 0.1) is 11.1 Å². The van der Waals surface area contributed by atoms with Crippen molar-refractivity contribution in [1.29, 1.82) is 0 Å². The Morgan fingerprint density at radius 1 is 0.452 bits per heavy atom. The Morgan fingerprint density at radius 3 is 1.36 bits per heavy atom. The van der Waals surface area contributed by atoms with Crippen molar-refractivity contribution in [3.05, 3.63) is 132 Å². The van der Waals surface area contributed by atoms with Crippen LogP contribution in [-0.2, 0) is 12.4 Å². The van der Waals surface area contributed by atoms with Crippen molar-refractivity contribution >= 4 is 44.3 Å². The summed E-state index contributed by atoms with van der Waals surface area (Å²) in [6.07, 6.45) is -8.92. The molecule has 6 aromatic rings. The van der Waals surface area contributed by atoms with Crippen LogP contribution >= 0.6 is 0 Å². The molecule has 0 aromatic heterocycles. The zero-order chi connectivity index (χ0) is 29.6. The van der Waals surface area contributed by atoms with Crippen LogP contribution in [0.3, 0.4) is 0 Å². The molecule has 8 heteroatoms. The Balaban J connectivity index is 1.48. The van der Waals surface area contributed by atoms with E-state index in [0.29, 0.717) is 38.6 Å². The van der Waals surface area contributed by atoms with Crippen molar-refractivity contribution in [2.45, 2.75) is 12.4 Å². The van der Waals surface area contributed by atoms with E-state index in [1.807, 2.05) is 53.4 Å². The summed E-state index contributed by atoms with van der Waals surface area (Å²) in [6, 6.07) is 32.6. The second-order valence-corrected chi connectivity index (χ2v) is 9.96. The first-order valence-corrected chi connectivity index (χ1v) is 12.9. The summed E-state index contributed by atoms with van der Waals surface area (Å²) in [5.74, 6) is 0. The van der Waals surface area contributed by atoms with E-state index < -0.39 is 23.5 Å². The van der Waals surface area contributed by atoms with E-state index in [2.05, 4.69) is 0 Å². The summed E-state index contributed by atoms with van der Waals surface area (Å²) in [7, 11) is 0. The van der Waals surface area contributed by atoms with Gasteiger partial charge in [-0.3, -0.25) is 0 Å². The summed E-state index contributed by atoms with van der Waals surface area (Å²) >= 11 is 0. The lowest BCUT2D eigenvalue weighted by Gasteiger charge is -2.26. The predicted molar refractivity (Wildman–Crippen MR) is 156 cm³/mol. The minimum Gasteiger partial charge on any atom is -0.398 e. The van der Waals surface area contributed by atoms with Crippen LogP contribution in [0.1, 0.15) is 11.1 Å². The predicted octanol–water partition coefficient (Wildman–Crippen LogP) is 10.7. The molecule has 0 amide bonds. The number of rotatable bonds is 4. The summed E-state index contributed by atoms with van der Waals surface area (Å²) in [6.45, 7) is 0. The first-order valence-electron chi connectivity index (χ1n) is 12.9. The lowest BCUT2D eigenvalue weighted by atomic mass is 10.0. The van der Waals surface area contributed by atoms with Gasteiger partial charge < -0.3 is 10.6 Å². The van der Waals surface area contributed by atoms with E-state index in [4.69, 9.17) is 5.73 Å². The van der Waals surface area contributed by atoms with Crippen LogP contribution in [0, 0.1) is 0 Å². The Hall–Kier alpha value is -4.98. The quantitative estimate of drug-likeness (QED) is 0.168. The van der Waals surface area contributed by atoms with Gasteiger partial charge in [0, 0.05) is 28.3 Å². The summed E-state index contributed by atoms with van der Waals surface area (Å²) < 4.78 is 79.7. The number of alkyl halides is 6. The highest BCUT2D eigenvalue weighted by Crippen LogP contribution is 2.40. The highest BCUT2D eigenvalue weighted by molar-refractivity contribution is 5.93. The van der Waals surface area contributed by atoms with Crippen molar-refractivity contribution < 1.29 is 26.3 Å². The van der Waals surface area contributed by atoms with Gasteiger partial charge in [0.2, 0.25) is 0 Å². The van der Waals surface area contributed by atoms with E-state index in [1.165, 1.54) is 12.1 Å². The lowest BCUT2D eigenvalue weighted by Crippen LogP contribution is -2.10. The number of halogens is 6. The van der Waals surface area contributed by atoms with Gasteiger partial charge in [-0.1, -0.05) is 54.6 Å². The van der Waals surface area contributed by atoms with Crippen LogP contribution in [0.15, 0.2) is 121 Å². The summed E-state index contributed by atoms with van der Waals surface area (Å²) in [5.41, 5.74) is 9.16. The average Bonchev–Trinajstić information content (AvgIpc) is 2.96. The first kappa shape index (κ1) is 27.2. The fourth-order valence-corrected chi connectivity index (χ4v) is 5.09. The molecule has 0 unspecified atom stereocenters. The van der Waals surface area contributed by atoms with Gasteiger partial charge in [0.25, 0.3) is 0 Å². The fourth-order valence-electron chi connectivity index (χ4n) is 5.09. The van der Waals surface area contributed by atoms with Crippen LogP contribution in [-0.4, -0.2) is 0 Å². The topological polar surface area (TPSA) is 29.3 Å². The molecule has 0 fully saturated rings. The van der Waals surface area contributed by atoms with E-state index in [1.54, 1.807) is 36.4 Å². The van der Waals surface area contributed by atoms with Crippen LogP contribution in [0.4, 0.5) is 49.1 Å². The maximum atomic E-state index is 13.3. The maximum Gasteiger partial charge on any atom is 0.416 e. The summed E-state index contributed by atoms with van der Waals surface area (Å²) in [4.78, 5) is 1.91. The molecule has 0 saturated heterocycles. The zero-order valence-corrected chi connectivity index (χ0v) is 21.8. The van der Waals surface area contributed by atoms with E-state index in [9.17, 15) is 26.3 Å². The Bertz CT molecular complexity index is 1830. The number of anilines is 4. The maximum absolute atomic E-state index is 13.3. The molecule has 6 rings (SSSR count). The molecule has 210 valence electrons. The third-order valence-electron chi connectivity index (χ3n) is 7.22. The molecule has 0 atom stereocenters. The molecule has 0 aliphatic heterocycles. The normalized spacial score (nSPS) is 12.1. The van der Waals surface area contributed by atoms with E-state index >= 15 is 0 Å². The third-order valence-corrected chi connectivity index (χ3v) is 7.22. The number of nitrogen functional groups attached to an aromatic ring is 1. The molecule has 0 bridgehead atoms. The van der Waals surface area contributed by atoms with Gasteiger partial charge in [-0.05, 0) is 93.8 Å². The Kier molecular flexibility index (Phi) is 6.56. The van der Waals surface area contributed by atoms with Crippen molar-refractivity contribution in [2.24, 2.45) is 0 Å². The monoisotopic (exact) mass is 572 g/mol. The SMILES string of the molecule is Nc1ccccc1-c1ccc(N(c2ccc3cc(C(F)(F)F)ccc3c2)c2ccc3cc(C(F)(F)F)ccc3c2)cc1. The standard InChI is InChI=1S/C34H22F6N2/c35-33(36,37)26-11-5-24-19-29(15-9-22(24)17-26)42(28-13-7-21(8-14-28)31-3-1-2-4-32(31)41)30-16-10-23-18-27(34(38,39)40)12-6-25(23)20-30/h1-20H,41H2. The van der Waals surface area contributed by atoms with Crippen molar-refractivity contribution in [1.82, 2.24) is 0 Å². The highest BCUT2D eigenvalue weighted by atomic mass is 19.4. The van der Waals surface area contributed by atoms with Crippen molar-refractivity contribution in [3.8, 4) is 11.1 Å². The molecule has 6 aromatic carbocycles. The molecule has 0 saturated carbocycles. The highest BCUT2D eigenvalue weighted by Gasteiger charge is 2.31. The average molecular weight is 573 g/mol. The molecule has 0 aliphatic carbocycles. The van der Waals surface area contributed by atoms with Crippen molar-refractivity contribution in [2.75, 3.05) is 10.6 Å². The number of para-hydroxylation sites is 1. The molecule has 2 N–H and O–H groups in total. The number of benzene rings is 6. The molecule has 2 nitrogen and oxygen atoms in total. The van der Waals surface area contributed by atoms with Crippen LogP contribution in [0.2, 0.25) is 0 Å². The molecule has 0 heterocycles. The van der Waals surface area contributed by atoms with Gasteiger partial charge in [0.1, 0.15) is 0 Å². The van der Waals surface area contributed by atoms with Crippen LogP contribution in [0.25, 0.3) is 32.7 Å². The molecule has 0 radical (unpaired) electrons. The number of fused-ring (bicyclic) bond motifs is 2. The third kappa shape index (κ3) is 5.23. The zero-order valence-electron chi connectivity index (χ0n) is 21.8. The minimum atomic E-state index is -4.46. The van der Waals surface area contributed by atoms with Gasteiger partial charge in [-0.15, -0.1) is 0 Å². The number of nitrogens with zero attached hydrogens (tertiary/aromatic N) is 1. The minimum absolute atomic E-state index is 0.432. The molecule has 42 heavy (non-hydrogen) atoms. The first-order chi connectivity index (χ1) is 20.0. The molecule has 0 spiro atoms. The number of hydrogen-bond donors (Lipinski definition) is 1. The van der Waals surface area contributed by atoms with E-state index in [-0.39, 0.29) is 0 Å². The molecular formula is C34H22F6N2. The molecular weight excluding hydrogens is 550 g/mol.